The van der Waals surface area contributed by atoms with Gasteiger partial charge in [-0.25, -0.2) is 0 Å². The summed E-state index contributed by atoms with van der Waals surface area (Å²) >= 11 is 11.0. The number of phenols is 1. The van der Waals surface area contributed by atoms with Gasteiger partial charge in [-0.05, 0) is 48.6 Å². The molecule has 6 nitrogen and oxygen atoms in total. The third kappa shape index (κ3) is 3.77. The standard InChI is InChI=1S/C15H12ClN5OS/c16-11-2-4-14(22)10(5-11)8-18-21-15(23)19-12-3-1-9-7-17-20-13(9)6-12/h1-8,22H,(H,17,20)(H2,19,21,23)/b18-8+. The molecule has 0 bridgehead atoms. The quantitative estimate of drug-likeness (QED) is 0.332. The highest BCUT2D eigenvalue weighted by Crippen LogP contribution is 2.19. The van der Waals surface area contributed by atoms with Crippen molar-refractivity contribution in [1.29, 1.82) is 0 Å². The first-order chi connectivity index (χ1) is 11.1. The van der Waals surface area contributed by atoms with E-state index in [9.17, 15) is 5.11 Å². The first-order valence-corrected chi connectivity index (χ1v) is 7.42. The van der Waals surface area contributed by atoms with Gasteiger partial charge in [0, 0.05) is 21.7 Å². The second-order valence-corrected chi connectivity index (χ2v) is 5.54. The number of halogens is 1. The molecule has 0 radical (unpaired) electrons. The number of hydrogen-bond acceptors (Lipinski definition) is 4. The van der Waals surface area contributed by atoms with E-state index in [1.807, 2.05) is 18.2 Å². The fourth-order valence-corrected chi connectivity index (χ4v) is 2.31. The number of anilines is 1. The molecule has 0 fully saturated rings. The molecule has 0 spiro atoms. The molecule has 8 heteroatoms. The van der Waals surface area contributed by atoms with E-state index in [1.54, 1.807) is 18.3 Å². The molecule has 0 atom stereocenters. The minimum absolute atomic E-state index is 0.0866. The lowest BCUT2D eigenvalue weighted by molar-refractivity contribution is 0.474. The second-order valence-electron chi connectivity index (χ2n) is 4.70. The van der Waals surface area contributed by atoms with E-state index in [4.69, 9.17) is 23.8 Å². The molecule has 0 aliphatic heterocycles. The van der Waals surface area contributed by atoms with Crippen LogP contribution in [0.15, 0.2) is 47.7 Å². The number of nitrogens with one attached hydrogen (secondary N) is 3. The van der Waals surface area contributed by atoms with Gasteiger partial charge >= 0.3 is 0 Å². The number of thiocarbonyl (C=S) groups is 1. The number of fused-ring (bicyclic) bond motifs is 1. The monoisotopic (exact) mass is 345 g/mol. The van der Waals surface area contributed by atoms with Crippen LogP contribution in [0.1, 0.15) is 5.56 Å². The summed E-state index contributed by atoms with van der Waals surface area (Å²) in [5.74, 6) is 0.0866. The minimum Gasteiger partial charge on any atom is -0.507 e. The Morgan fingerprint density at radius 1 is 1.30 bits per heavy atom. The van der Waals surface area contributed by atoms with E-state index in [0.29, 0.717) is 15.7 Å². The molecular formula is C15H12ClN5OS. The fraction of sp³-hybridized carbons (Fsp3) is 0. The Bertz CT molecular complexity index is 892. The lowest BCUT2D eigenvalue weighted by Gasteiger charge is -2.07. The highest BCUT2D eigenvalue weighted by molar-refractivity contribution is 7.80. The largest absolute Gasteiger partial charge is 0.507 e. The zero-order valence-corrected chi connectivity index (χ0v) is 13.3. The summed E-state index contributed by atoms with van der Waals surface area (Å²) in [6.07, 6.45) is 3.19. The van der Waals surface area contributed by atoms with E-state index >= 15 is 0 Å². The molecule has 1 aromatic heterocycles. The molecule has 4 N–H and O–H groups in total. The fourth-order valence-electron chi connectivity index (χ4n) is 1.96. The number of aromatic amines is 1. The molecule has 2 aromatic carbocycles. The van der Waals surface area contributed by atoms with Gasteiger partial charge in [0.15, 0.2) is 5.11 Å². The molecule has 0 saturated heterocycles. The van der Waals surface area contributed by atoms with Crippen molar-refractivity contribution >= 4 is 51.7 Å². The highest BCUT2D eigenvalue weighted by Gasteiger charge is 2.01. The summed E-state index contributed by atoms with van der Waals surface area (Å²) in [4.78, 5) is 0. The van der Waals surface area contributed by atoms with Crippen molar-refractivity contribution in [2.45, 2.75) is 0 Å². The minimum atomic E-state index is 0.0866. The van der Waals surface area contributed by atoms with Crippen LogP contribution < -0.4 is 10.7 Å². The Morgan fingerprint density at radius 2 is 2.17 bits per heavy atom. The third-order valence-corrected chi connectivity index (χ3v) is 3.49. The molecule has 3 rings (SSSR count). The Hall–Kier alpha value is -2.64. The van der Waals surface area contributed by atoms with Crippen LogP contribution in [0.25, 0.3) is 10.9 Å². The maximum Gasteiger partial charge on any atom is 0.191 e. The number of hydrazone groups is 1. The summed E-state index contributed by atoms with van der Waals surface area (Å²) in [6, 6.07) is 10.4. The van der Waals surface area contributed by atoms with Crippen molar-refractivity contribution in [3.05, 3.63) is 53.2 Å². The van der Waals surface area contributed by atoms with E-state index in [-0.39, 0.29) is 5.75 Å². The molecule has 3 aromatic rings. The number of H-pyrrole nitrogens is 1. The van der Waals surface area contributed by atoms with Gasteiger partial charge in [-0.15, -0.1) is 0 Å². The van der Waals surface area contributed by atoms with E-state index in [2.05, 4.69) is 26.0 Å². The van der Waals surface area contributed by atoms with Gasteiger partial charge in [0.1, 0.15) is 5.75 Å². The number of hydrogen-bond donors (Lipinski definition) is 4. The van der Waals surface area contributed by atoms with E-state index in [0.717, 1.165) is 16.6 Å². The Morgan fingerprint density at radius 3 is 3.04 bits per heavy atom. The molecule has 0 aliphatic carbocycles. The normalized spacial score (nSPS) is 11.0. The van der Waals surface area contributed by atoms with Gasteiger partial charge in [-0.1, -0.05) is 11.6 Å². The maximum absolute atomic E-state index is 9.68. The average molecular weight is 346 g/mol. The zero-order valence-electron chi connectivity index (χ0n) is 11.7. The highest BCUT2D eigenvalue weighted by atomic mass is 35.5. The average Bonchev–Trinajstić information content (AvgIpc) is 2.98. The summed E-state index contributed by atoms with van der Waals surface area (Å²) in [5, 5.41) is 25.4. The van der Waals surface area contributed by atoms with E-state index in [1.165, 1.54) is 12.3 Å². The van der Waals surface area contributed by atoms with Crippen molar-refractivity contribution in [2.24, 2.45) is 5.10 Å². The van der Waals surface area contributed by atoms with Crippen LogP contribution in [0.5, 0.6) is 5.75 Å². The lowest BCUT2D eigenvalue weighted by atomic mass is 10.2. The topological polar surface area (TPSA) is 85.3 Å². The molecule has 0 amide bonds. The van der Waals surface area contributed by atoms with Crippen LogP contribution in [0.4, 0.5) is 5.69 Å². The van der Waals surface area contributed by atoms with E-state index < -0.39 is 0 Å². The Labute approximate surface area is 142 Å². The van der Waals surface area contributed by atoms with Crippen LogP contribution in [-0.4, -0.2) is 26.6 Å². The Balaban J connectivity index is 1.62. The van der Waals surface area contributed by atoms with Crippen molar-refractivity contribution < 1.29 is 5.11 Å². The van der Waals surface area contributed by atoms with Gasteiger partial charge in [-0.2, -0.15) is 10.2 Å². The van der Waals surface area contributed by atoms with Crippen molar-refractivity contribution in [3.63, 3.8) is 0 Å². The zero-order chi connectivity index (χ0) is 16.2. The van der Waals surface area contributed by atoms with Crippen molar-refractivity contribution in [1.82, 2.24) is 15.6 Å². The number of aromatic nitrogens is 2. The first-order valence-electron chi connectivity index (χ1n) is 6.63. The smallest absolute Gasteiger partial charge is 0.191 e. The summed E-state index contributed by atoms with van der Waals surface area (Å²) < 4.78 is 0. The lowest BCUT2D eigenvalue weighted by Crippen LogP contribution is -2.23. The van der Waals surface area contributed by atoms with Crippen LogP contribution in [0.2, 0.25) is 5.02 Å². The number of nitrogens with zero attached hydrogens (tertiary/aromatic N) is 2. The third-order valence-electron chi connectivity index (χ3n) is 3.06. The van der Waals surface area contributed by atoms with Gasteiger partial charge in [0.2, 0.25) is 0 Å². The van der Waals surface area contributed by atoms with Gasteiger partial charge < -0.3 is 10.4 Å². The number of phenolic OH excluding ortho intramolecular Hbond substituents is 1. The molecule has 0 saturated carbocycles. The summed E-state index contributed by atoms with van der Waals surface area (Å²) in [5.41, 5.74) is 4.88. The summed E-state index contributed by atoms with van der Waals surface area (Å²) in [7, 11) is 0. The SMILES string of the molecule is Oc1ccc(Cl)cc1/C=N/NC(=S)Nc1ccc2cn[nH]c2c1. The second kappa shape index (κ2) is 6.64. The molecule has 0 unspecified atom stereocenters. The maximum atomic E-state index is 9.68. The van der Waals surface area contributed by atoms with Crippen LogP contribution in [-0.2, 0) is 0 Å². The predicted molar refractivity (Wildman–Crippen MR) is 96.2 cm³/mol. The predicted octanol–water partition coefficient (Wildman–Crippen LogP) is 3.24. The Kier molecular flexibility index (Phi) is 4.40. The van der Waals surface area contributed by atoms with Crippen LogP contribution in [0, 0.1) is 0 Å². The number of aromatic hydroxyl groups is 1. The number of rotatable bonds is 3. The first kappa shape index (κ1) is 15.3. The van der Waals surface area contributed by atoms with Gasteiger partial charge in [0.05, 0.1) is 17.9 Å². The molecule has 1 heterocycles. The van der Waals surface area contributed by atoms with Crippen molar-refractivity contribution in [3.8, 4) is 5.75 Å². The molecule has 0 aliphatic rings. The molecule has 116 valence electrons. The summed E-state index contributed by atoms with van der Waals surface area (Å²) in [6.45, 7) is 0. The molecule has 23 heavy (non-hydrogen) atoms. The van der Waals surface area contributed by atoms with Crippen molar-refractivity contribution in [2.75, 3.05) is 5.32 Å². The van der Waals surface area contributed by atoms with Crippen LogP contribution in [0.3, 0.4) is 0 Å². The van der Waals surface area contributed by atoms with Gasteiger partial charge in [0.25, 0.3) is 0 Å². The number of benzene rings is 2. The van der Waals surface area contributed by atoms with Gasteiger partial charge in [-0.3, -0.25) is 10.5 Å². The van der Waals surface area contributed by atoms with Crippen LogP contribution >= 0.6 is 23.8 Å². The molecular weight excluding hydrogens is 334 g/mol.